The molecule has 82 valence electrons. The molecule has 2 rings (SSSR count). The lowest BCUT2D eigenvalue weighted by molar-refractivity contribution is 0.111. The summed E-state index contributed by atoms with van der Waals surface area (Å²) in [7, 11) is 0. The number of halogens is 3. The molecule has 2 aromatic rings. The number of carbonyl (C=O) groups is 1. The van der Waals surface area contributed by atoms with E-state index in [2.05, 4.69) is 5.10 Å². The lowest BCUT2D eigenvalue weighted by Crippen LogP contribution is -2.02. The third-order valence-corrected chi connectivity index (χ3v) is 2.78. The highest BCUT2D eigenvalue weighted by atomic mass is 35.5. The first kappa shape index (κ1) is 11.5. The van der Waals surface area contributed by atoms with Gasteiger partial charge in [0, 0.05) is 5.02 Å². The van der Waals surface area contributed by atoms with E-state index in [1.807, 2.05) is 0 Å². The predicted molar refractivity (Wildman–Crippen MR) is 64.0 cm³/mol. The van der Waals surface area contributed by atoms with E-state index in [4.69, 9.17) is 34.8 Å². The highest BCUT2D eigenvalue weighted by Crippen LogP contribution is 2.32. The molecular weight excluding hydrogens is 270 g/mol. The van der Waals surface area contributed by atoms with Crippen LogP contribution in [0.5, 0.6) is 0 Å². The van der Waals surface area contributed by atoms with Gasteiger partial charge in [0.1, 0.15) is 11.4 Å². The standard InChI is InChI=1S/C10H5Cl3N2O/c11-6-3-8(12)10(9(13)4-6)15-7(5-16)1-2-14-15/h1-5H. The summed E-state index contributed by atoms with van der Waals surface area (Å²) in [6.07, 6.45) is 2.17. The number of rotatable bonds is 2. The normalized spacial score (nSPS) is 10.4. The Hall–Kier alpha value is -1.03. The zero-order valence-electron chi connectivity index (χ0n) is 7.82. The van der Waals surface area contributed by atoms with Gasteiger partial charge in [0.05, 0.1) is 16.2 Å². The van der Waals surface area contributed by atoms with Crippen molar-refractivity contribution in [3.8, 4) is 5.69 Å². The minimum Gasteiger partial charge on any atom is -0.296 e. The lowest BCUT2D eigenvalue weighted by Gasteiger charge is -2.08. The van der Waals surface area contributed by atoms with Gasteiger partial charge in [-0.25, -0.2) is 4.68 Å². The van der Waals surface area contributed by atoms with E-state index in [9.17, 15) is 4.79 Å². The van der Waals surface area contributed by atoms with Crippen LogP contribution in [-0.2, 0) is 0 Å². The lowest BCUT2D eigenvalue weighted by atomic mass is 10.3. The third kappa shape index (κ3) is 1.94. The van der Waals surface area contributed by atoms with Crippen LogP contribution in [0.4, 0.5) is 0 Å². The minimum atomic E-state index is 0.337. The van der Waals surface area contributed by atoms with Crippen molar-refractivity contribution in [3.63, 3.8) is 0 Å². The van der Waals surface area contributed by atoms with Gasteiger partial charge in [0.15, 0.2) is 6.29 Å². The molecule has 1 heterocycles. The number of hydrogen-bond acceptors (Lipinski definition) is 2. The number of hydrogen-bond donors (Lipinski definition) is 0. The first-order valence-corrected chi connectivity index (χ1v) is 5.41. The van der Waals surface area contributed by atoms with Gasteiger partial charge in [-0.2, -0.15) is 5.10 Å². The molecule has 0 radical (unpaired) electrons. The number of aromatic nitrogens is 2. The average molecular weight is 276 g/mol. The number of carbonyl (C=O) groups excluding carboxylic acids is 1. The molecule has 0 saturated heterocycles. The SMILES string of the molecule is O=Cc1ccnn1-c1c(Cl)cc(Cl)cc1Cl. The third-order valence-electron chi connectivity index (χ3n) is 1.99. The molecule has 0 N–H and O–H groups in total. The number of nitrogens with zero attached hydrogens (tertiary/aromatic N) is 2. The van der Waals surface area contributed by atoms with E-state index in [-0.39, 0.29) is 0 Å². The van der Waals surface area contributed by atoms with Crippen molar-refractivity contribution in [1.82, 2.24) is 9.78 Å². The summed E-state index contributed by atoms with van der Waals surface area (Å²) < 4.78 is 1.37. The molecule has 0 bridgehead atoms. The highest BCUT2D eigenvalue weighted by molar-refractivity contribution is 6.40. The van der Waals surface area contributed by atoms with Crippen LogP contribution < -0.4 is 0 Å². The molecule has 6 heteroatoms. The van der Waals surface area contributed by atoms with Crippen molar-refractivity contribution in [2.45, 2.75) is 0 Å². The summed E-state index contributed by atoms with van der Waals surface area (Å²) in [5, 5.41) is 5.09. The van der Waals surface area contributed by atoms with Gasteiger partial charge >= 0.3 is 0 Å². The van der Waals surface area contributed by atoms with Crippen LogP contribution in [0, 0.1) is 0 Å². The maximum absolute atomic E-state index is 10.8. The Morgan fingerprint density at radius 2 is 1.81 bits per heavy atom. The molecule has 0 unspecified atom stereocenters. The molecule has 0 aliphatic carbocycles. The largest absolute Gasteiger partial charge is 0.296 e. The second-order valence-corrected chi connectivity index (χ2v) is 4.25. The van der Waals surface area contributed by atoms with E-state index in [1.165, 1.54) is 10.9 Å². The first-order valence-electron chi connectivity index (χ1n) is 4.27. The topological polar surface area (TPSA) is 34.9 Å². The smallest absolute Gasteiger partial charge is 0.168 e. The fourth-order valence-electron chi connectivity index (χ4n) is 1.33. The maximum atomic E-state index is 10.8. The molecule has 0 fully saturated rings. The highest BCUT2D eigenvalue weighted by Gasteiger charge is 2.13. The molecule has 3 nitrogen and oxygen atoms in total. The molecule has 1 aromatic heterocycles. The fraction of sp³-hybridized carbons (Fsp3) is 0. The van der Waals surface area contributed by atoms with Crippen LogP contribution in [0.25, 0.3) is 5.69 Å². The van der Waals surface area contributed by atoms with E-state index in [1.54, 1.807) is 18.2 Å². The molecule has 0 atom stereocenters. The molecule has 16 heavy (non-hydrogen) atoms. The van der Waals surface area contributed by atoms with Crippen molar-refractivity contribution >= 4 is 41.1 Å². The van der Waals surface area contributed by atoms with Crippen LogP contribution in [0.2, 0.25) is 15.1 Å². The Morgan fingerprint density at radius 1 is 1.19 bits per heavy atom. The predicted octanol–water partition coefficient (Wildman–Crippen LogP) is 3.65. The van der Waals surface area contributed by atoms with Crippen molar-refractivity contribution in [1.29, 1.82) is 0 Å². The number of benzene rings is 1. The second kappa shape index (κ2) is 4.45. The van der Waals surface area contributed by atoms with Gasteiger partial charge in [-0.05, 0) is 18.2 Å². The molecule has 0 aliphatic rings. The van der Waals surface area contributed by atoms with Gasteiger partial charge < -0.3 is 0 Å². The summed E-state index contributed by atoms with van der Waals surface area (Å²) in [5.74, 6) is 0. The van der Waals surface area contributed by atoms with E-state index >= 15 is 0 Å². The van der Waals surface area contributed by atoms with Crippen LogP contribution in [0.1, 0.15) is 10.5 Å². The van der Waals surface area contributed by atoms with Crippen molar-refractivity contribution < 1.29 is 4.79 Å². The summed E-state index contributed by atoms with van der Waals surface area (Å²) >= 11 is 17.8. The van der Waals surface area contributed by atoms with Gasteiger partial charge in [-0.3, -0.25) is 4.79 Å². The molecule has 0 spiro atoms. The van der Waals surface area contributed by atoms with Crippen LogP contribution in [0.15, 0.2) is 24.4 Å². The quantitative estimate of drug-likeness (QED) is 0.784. The van der Waals surface area contributed by atoms with Crippen molar-refractivity contribution in [3.05, 3.63) is 45.2 Å². The Labute approximate surface area is 107 Å². The zero-order valence-corrected chi connectivity index (χ0v) is 10.1. The Bertz CT molecular complexity index is 528. The van der Waals surface area contributed by atoms with E-state index in [0.717, 1.165) is 0 Å². The average Bonchev–Trinajstić information content (AvgIpc) is 2.64. The van der Waals surface area contributed by atoms with Crippen molar-refractivity contribution in [2.24, 2.45) is 0 Å². The summed E-state index contributed by atoms with van der Waals surface area (Å²) in [5.41, 5.74) is 0.811. The Morgan fingerprint density at radius 3 is 2.38 bits per heavy atom. The molecule has 0 saturated carbocycles. The summed E-state index contributed by atoms with van der Waals surface area (Å²) in [4.78, 5) is 10.8. The van der Waals surface area contributed by atoms with Crippen LogP contribution in [0.3, 0.4) is 0 Å². The fourth-order valence-corrected chi connectivity index (χ4v) is 2.30. The summed E-state index contributed by atoms with van der Waals surface area (Å²) in [6, 6.07) is 4.65. The van der Waals surface area contributed by atoms with Gasteiger partial charge in [-0.1, -0.05) is 34.8 Å². The molecular formula is C10H5Cl3N2O. The number of aldehydes is 1. The second-order valence-electron chi connectivity index (χ2n) is 3.00. The van der Waals surface area contributed by atoms with Crippen LogP contribution >= 0.6 is 34.8 Å². The molecule has 0 aliphatic heterocycles. The maximum Gasteiger partial charge on any atom is 0.168 e. The summed E-state index contributed by atoms with van der Waals surface area (Å²) in [6.45, 7) is 0. The van der Waals surface area contributed by atoms with E-state index < -0.39 is 0 Å². The van der Waals surface area contributed by atoms with E-state index in [0.29, 0.717) is 32.7 Å². The monoisotopic (exact) mass is 274 g/mol. The minimum absolute atomic E-state index is 0.337. The molecule has 0 amide bonds. The van der Waals surface area contributed by atoms with Crippen LogP contribution in [-0.4, -0.2) is 16.1 Å². The first-order chi connectivity index (χ1) is 7.63. The molecule has 1 aromatic carbocycles. The Kier molecular flexibility index (Phi) is 3.19. The van der Waals surface area contributed by atoms with Gasteiger partial charge in [0.25, 0.3) is 0 Å². The van der Waals surface area contributed by atoms with Gasteiger partial charge in [0.2, 0.25) is 0 Å². The van der Waals surface area contributed by atoms with Crippen molar-refractivity contribution in [2.75, 3.05) is 0 Å². The van der Waals surface area contributed by atoms with Gasteiger partial charge in [-0.15, -0.1) is 0 Å². The zero-order chi connectivity index (χ0) is 11.7. The Balaban J connectivity index is 2.69.